The van der Waals surface area contributed by atoms with Gasteiger partial charge in [-0.3, -0.25) is 9.52 Å². The van der Waals surface area contributed by atoms with Gasteiger partial charge in [0.25, 0.3) is 15.9 Å². The van der Waals surface area contributed by atoms with Crippen LogP contribution < -0.4 is 15.2 Å². The number of anilines is 1. The van der Waals surface area contributed by atoms with E-state index in [1.165, 1.54) is 56.5 Å². The number of nitrogens with one attached hydrogen (secondary N) is 1. The third-order valence-electron chi connectivity index (χ3n) is 3.45. The maximum atomic E-state index is 12.5. The van der Waals surface area contributed by atoms with Crippen molar-refractivity contribution in [3.8, 4) is 5.75 Å². The smallest absolute Gasteiger partial charge is 0.341 e. The van der Waals surface area contributed by atoms with Crippen LogP contribution in [0.1, 0.15) is 17.3 Å². The van der Waals surface area contributed by atoms with E-state index < -0.39 is 28.0 Å². The first kappa shape index (κ1) is 19.3. The second-order valence-corrected chi connectivity index (χ2v) is 6.96. The highest BCUT2D eigenvalue weighted by atomic mass is 32.2. The number of para-hydroxylation sites is 1. The van der Waals surface area contributed by atoms with Crippen LogP contribution >= 0.6 is 0 Å². The summed E-state index contributed by atoms with van der Waals surface area (Å²) in [6, 6.07) is 11.6. The molecule has 2 aromatic carbocycles. The van der Waals surface area contributed by atoms with Crippen molar-refractivity contribution >= 4 is 27.6 Å². The quantitative estimate of drug-likeness (QED) is 0.704. The number of methoxy groups -OCH3 is 1. The molecule has 1 atom stereocenters. The zero-order valence-corrected chi connectivity index (χ0v) is 14.9. The van der Waals surface area contributed by atoms with Gasteiger partial charge in [-0.25, -0.2) is 13.2 Å². The van der Waals surface area contributed by atoms with Gasteiger partial charge in [-0.2, -0.15) is 0 Å². The molecule has 0 saturated carbocycles. The van der Waals surface area contributed by atoms with Crippen molar-refractivity contribution < 1.29 is 27.5 Å². The van der Waals surface area contributed by atoms with Gasteiger partial charge in [-0.15, -0.1) is 0 Å². The largest absolute Gasteiger partial charge is 0.497 e. The van der Waals surface area contributed by atoms with Crippen LogP contribution in [0, 0.1) is 0 Å². The molecule has 0 spiro atoms. The highest BCUT2D eigenvalue weighted by Gasteiger charge is 2.22. The molecule has 0 heterocycles. The van der Waals surface area contributed by atoms with Gasteiger partial charge in [0, 0.05) is 0 Å². The van der Waals surface area contributed by atoms with Gasteiger partial charge < -0.3 is 15.2 Å². The normalized spacial score (nSPS) is 12.1. The van der Waals surface area contributed by atoms with Gasteiger partial charge in [-0.1, -0.05) is 12.1 Å². The number of rotatable bonds is 7. The summed E-state index contributed by atoms with van der Waals surface area (Å²) in [5.41, 5.74) is 5.04. The second kappa shape index (κ2) is 7.87. The summed E-state index contributed by atoms with van der Waals surface area (Å²) in [6.07, 6.45) is -1.14. The maximum Gasteiger partial charge on any atom is 0.341 e. The van der Waals surface area contributed by atoms with Crippen molar-refractivity contribution in [3.05, 3.63) is 54.1 Å². The molecule has 0 aliphatic rings. The van der Waals surface area contributed by atoms with Crippen molar-refractivity contribution in [2.24, 2.45) is 5.73 Å². The molecule has 0 radical (unpaired) electrons. The van der Waals surface area contributed by atoms with Crippen LogP contribution in [0.15, 0.2) is 53.4 Å². The van der Waals surface area contributed by atoms with E-state index in [0.29, 0.717) is 5.75 Å². The zero-order valence-electron chi connectivity index (χ0n) is 14.1. The molecular weight excluding hydrogens is 360 g/mol. The van der Waals surface area contributed by atoms with Crippen LogP contribution in [0.5, 0.6) is 5.75 Å². The van der Waals surface area contributed by atoms with E-state index in [0.717, 1.165) is 0 Å². The van der Waals surface area contributed by atoms with Gasteiger partial charge in [0.05, 0.1) is 23.3 Å². The summed E-state index contributed by atoms with van der Waals surface area (Å²) >= 11 is 0. The van der Waals surface area contributed by atoms with Crippen LogP contribution in [0.2, 0.25) is 0 Å². The molecule has 8 nitrogen and oxygen atoms in total. The first-order valence-corrected chi connectivity index (χ1v) is 8.99. The summed E-state index contributed by atoms with van der Waals surface area (Å²) in [5, 5.41) is 0. The Hall–Kier alpha value is -3.07. The van der Waals surface area contributed by atoms with Gasteiger partial charge in [0.15, 0.2) is 6.10 Å². The molecule has 0 fully saturated rings. The minimum atomic E-state index is -3.94. The number of nitrogens with two attached hydrogens (primary N) is 1. The van der Waals surface area contributed by atoms with Gasteiger partial charge in [0.2, 0.25) is 0 Å². The van der Waals surface area contributed by atoms with E-state index in [2.05, 4.69) is 4.72 Å². The van der Waals surface area contributed by atoms with Gasteiger partial charge >= 0.3 is 5.97 Å². The Balaban J connectivity index is 2.28. The lowest BCUT2D eigenvalue weighted by Gasteiger charge is -2.14. The van der Waals surface area contributed by atoms with Crippen molar-refractivity contribution in [1.82, 2.24) is 0 Å². The number of carbonyl (C=O) groups excluding carboxylic acids is 2. The molecule has 0 unspecified atom stereocenters. The lowest BCUT2D eigenvalue weighted by Crippen LogP contribution is -2.30. The Labute approximate surface area is 151 Å². The summed E-state index contributed by atoms with van der Waals surface area (Å²) in [5.74, 6) is -1.17. The van der Waals surface area contributed by atoms with E-state index >= 15 is 0 Å². The topological polar surface area (TPSA) is 125 Å². The predicted octanol–water partition coefficient (Wildman–Crippen LogP) is 1.53. The molecule has 0 aliphatic heterocycles. The Bertz CT molecular complexity index is 909. The van der Waals surface area contributed by atoms with Crippen molar-refractivity contribution in [3.63, 3.8) is 0 Å². The first-order valence-electron chi connectivity index (χ1n) is 7.51. The van der Waals surface area contributed by atoms with E-state index in [-0.39, 0.29) is 16.1 Å². The number of hydrogen-bond donors (Lipinski definition) is 2. The number of primary amides is 1. The highest BCUT2D eigenvalue weighted by Crippen LogP contribution is 2.22. The third kappa shape index (κ3) is 4.51. The van der Waals surface area contributed by atoms with E-state index in [1.807, 2.05) is 0 Å². The van der Waals surface area contributed by atoms with Crippen molar-refractivity contribution in [2.75, 3.05) is 11.8 Å². The summed E-state index contributed by atoms with van der Waals surface area (Å²) in [4.78, 5) is 23.2. The molecule has 26 heavy (non-hydrogen) atoms. The molecule has 1 amide bonds. The summed E-state index contributed by atoms with van der Waals surface area (Å²) in [7, 11) is -2.48. The lowest BCUT2D eigenvalue weighted by atomic mass is 10.2. The van der Waals surface area contributed by atoms with Crippen molar-refractivity contribution in [1.29, 1.82) is 0 Å². The fraction of sp³-hybridized carbons (Fsp3) is 0.176. The number of esters is 1. The average Bonchev–Trinajstić information content (AvgIpc) is 2.61. The highest BCUT2D eigenvalue weighted by molar-refractivity contribution is 7.92. The van der Waals surface area contributed by atoms with E-state index in [1.54, 1.807) is 6.07 Å². The molecule has 0 aromatic heterocycles. The number of carbonyl (C=O) groups is 2. The van der Waals surface area contributed by atoms with Crippen LogP contribution in [-0.2, 0) is 19.6 Å². The Kier molecular flexibility index (Phi) is 5.83. The fourth-order valence-corrected chi connectivity index (χ4v) is 3.07. The Morgan fingerprint density at radius 1 is 1.08 bits per heavy atom. The standard InChI is InChI=1S/C17H18N2O6S/c1-11(16(18)20)25-17(21)14-5-3-4-6-15(14)19-26(22,23)13-9-7-12(24-2)8-10-13/h3-11,19H,1-2H3,(H2,18,20)/t11-/m1/s1. The lowest BCUT2D eigenvalue weighted by molar-refractivity contribution is -0.125. The molecule has 2 aromatic rings. The van der Waals surface area contributed by atoms with Crippen LogP contribution in [-0.4, -0.2) is 33.5 Å². The number of sulfonamides is 1. The van der Waals surface area contributed by atoms with Gasteiger partial charge in [0.1, 0.15) is 5.75 Å². The molecule has 0 saturated heterocycles. The van der Waals surface area contributed by atoms with Gasteiger partial charge in [-0.05, 0) is 43.3 Å². The number of hydrogen-bond acceptors (Lipinski definition) is 6. The monoisotopic (exact) mass is 378 g/mol. The average molecular weight is 378 g/mol. The van der Waals surface area contributed by atoms with Crippen LogP contribution in [0.3, 0.4) is 0 Å². The maximum absolute atomic E-state index is 12.5. The molecule has 0 aliphatic carbocycles. The Morgan fingerprint density at radius 3 is 2.27 bits per heavy atom. The number of benzene rings is 2. The fourth-order valence-electron chi connectivity index (χ4n) is 1.99. The molecule has 0 bridgehead atoms. The summed E-state index contributed by atoms with van der Waals surface area (Å²) in [6.45, 7) is 1.32. The van der Waals surface area contributed by atoms with Crippen LogP contribution in [0.25, 0.3) is 0 Å². The molecular formula is C17H18N2O6S. The summed E-state index contributed by atoms with van der Waals surface area (Å²) < 4.78 is 37.3. The molecule has 138 valence electrons. The minimum Gasteiger partial charge on any atom is -0.497 e. The van der Waals surface area contributed by atoms with Crippen LogP contribution in [0.4, 0.5) is 5.69 Å². The molecule has 3 N–H and O–H groups in total. The van der Waals surface area contributed by atoms with Crippen molar-refractivity contribution in [2.45, 2.75) is 17.9 Å². The number of amides is 1. The minimum absolute atomic E-state index is 0.00743. The second-order valence-electron chi connectivity index (χ2n) is 5.28. The third-order valence-corrected chi connectivity index (χ3v) is 4.83. The molecule has 2 rings (SSSR count). The predicted molar refractivity (Wildman–Crippen MR) is 94.3 cm³/mol. The SMILES string of the molecule is COc1ccc(S(=O)(=O)Nc2ccccc2C(=O)O[C@H](C)C(N)=O)cc1. The zero-order chi connectivity index (χ0) is 19.3. The first-order chi connectivity index (χ1) is 12.2. The van der Waals surface area contributed by atoms with E-state index in [9.17, 15) is 18.0 Å². The molecule has 9 heteroatoms. The number of ether oxygens (including phenoxy) is 2. The van der Waals surface area contributed by atoms with E-state index in [4.69, 9.17) is 15.2 Å². The Morgan fingerprint density at radius 2 is 1.69 bits per heavy atom.